The standard InChI is InChI=1S/C13H21BrN2O/c1-3-11(4-2)13(17)9-16-7-10-5-12(14)8-15-6-10/h5-6,8,11,13,16-17H,3-4,7,9H2,1-2H3. The maximum Gasteiger partial charge on any atom is 0.0692 e. The Morgan fingerprint density at radius 1 is 1.35 bits per heavy atom. The van der Waals surface area contributed by atoms with Gasteiger partial charge in [0.25, 0.3) is 0 Å². The smallest absolute Gasteiger partial charge is 0.0692 e. The summed E-state index contributed by atoms with van der Waals surface area (Å²) in [4.78, 5) is 4.10. The van der Waals surface area contributed by atoms with Crippen LogP contribution in [0.2, 0.25) is 0 Å². The van der Waals surface area contributed by atoms with Crippen LogP contribution in [0.4, 0.5) is 0 Å². The van der Waals surface area contributed by atoms with Gasteiger partial charge in [-0.2, -0.15) is 0 Å². The van der Waals surface area contributed by atoms with Crippen LogP contribution in [-0.2, 0) is 6.54 Å². The lowest BCUT2D eigenvalue weighted by atomic mass is 9.96. The van der Waals surface area contributed by atoms with Crippen LogP contribution in [0.3, 0.4) is 0 Å². The zero-order valence-electron chi connectivity index (χ0n) is 10.5. The minimum Gasteiger partial charge on any atom is -0.392 e. The molecule has 1 unspecified atom stereocenters. The van der Waals surface area contributed by atoms with E-state index in [2.05, 4.69) is 40.1 Å². The molecule has 0 radical (unpaired) electrons. The van der Waals surface area contributed by atoms with Crippen molar-refractivity contribution in [1.29, 1.82) is 0 Å². The Morgan fingerprint density at radius 2 is 2.06 bits per heavy atom. The Morgan fingerprint density at radius 3 is 2.65 bits per heavy atom. The summed E-state index contributed by atoms with van der Waals surface area (Å²) in [6.07, 6.45) is 5.39. The molecule has 1 atom stereocenters. The average molecular weight is 301 g/mol. The van der Waals surface area contributed by atoms with E-state index in [1.807, 2.05) is 12.3 Å². The number of rotatable bonds is 7. The first-order chi connectivity index (χ1) is 8.17. The Balaban J connectivity index is 2.32. The van der Waals surface area contributed by atoms with Gasteiger partial charge in [-0.15, -0.1) is 0 Å². The number of halogens is 1. The minimum absolute atomic E-state index is 0.259. The molecule has 0 saturated carbocycles. The van der Waals surface area contributed by atoms with Crippen molar-refractivity contribution in [3.63, 3.8) is 0 Å². The van der Waals surface area contributed by atoms with E-state index in [0.29, 0.717) is 12.5 Å². The molecule has 2 N–H and O–H groups in total. The summed E-state index contributed by atoms with van der Waals surface area (Å²) >= 11 is 3.39. The van der Waals surface area contributed by atoms with E-state index in [1.54, 1.807) is 6.20 Å². The summed E-state index contributed by atoms with van der Waals surface area (Å²) in [6, 6.07) is 2.03. The molecule has 1 rings (SSSR count). The average Bonchev–Trinajstić information content (AvgIpc) is 2.30. The Kier molecular flexibility index (Phi) is 6.70. The lowest BCUT2D eigenvalue weighted by Gasteiger charge is -2.20. The third-order valence-corrected chi connectivity index (χ3v) is 3.47. The van der Waals surface area contributed by atoms with Crippen molar-refractivity contribution in [3.05, 3.63) is 28.5 Å². The highest BCUT2D eigenvalue weighted by molar-refractivity contribution is 9.10. The van der Waals surface area contributed by atoms with Crippen LogP contribution in [0.5, 0.6) is 0 Å². The number of nitrogens with zero attached hydrogens (tertiary/aromatic N) is 1. The molecule has 0 spiro atoms. The maximum atomic E-state index is 9.95. The van der Waals surface area contributed by atoms with Crippen molar-refractivity contribution in [2.75, 3.05) is 6.54 Å². The highest BCUT2D eigenvalue weighted by Crippen LogP contribution is 2.13. The van der Waals surface area contributed by atoms with Crippen LogP contribution >= 0.6 is 15.9 Å². The molecule has 0 fully saturated rings. The van der Waals surface area contributed by atoms with Crippen molar-refractivity contribution < 1.29 is 5.11 Å². The molecule has 0 aromatic carbocycles. The maximum absolute atomic E-state index is 9.95. The fourth-order valence-corrected chi connectivity index (χ4v) is 2.33. The number of aromatic nitrogens is 1. The molecule has 0 aliphatic heterocycles. The van der Waals surface area contributed by atoms with E-state index in [-0.39, 0.29) is 6.10 Å². The molecule has 0 aliphatic rings. The molecule has 4 heteroatoms. The van der Waals surface area contributed by atoms with Gasteiger partial charge in [0.15, 0.2) is 0 Å². The first-order valence-electron chi connectivity index (χ1n) is 6.15. The van der Waals surface area contributed by atoms with Crippen molar-refractivity contribution in [2.24, 2.45) is 5.92 Å². The third-order valence-electron chi connectivity index (χ3n) is 3.04. The van der Waals surface area contributed by atoms with Crippen molar-refractivity contribution in [1.82, 2.24) is 10.3 Å². The second kappa shape index (κ2) is 7.80. The molecular formula is C13H21BrN2O. The van der Waals surface area contributed by atoms with Gasteiger partial charge in [-0.3, -0.25) is 4.98 Å². The van der Waals surface area contributed by atoms with Gasteiger partial charge in [0.2, 0.25) is 0 Å². The van der Waals surface area contributed by atoms with E-state index in [9.17, 15) is 5.11 Å². The molecular weight excluding hydrogens is 280 g/mol. The zero-order valence-corrected chi connectivity index (χ0v) is 12.1. The molecule has 96 valence electrons. The monoisotopic (exact) mass is 300 g/mol. The molecule has 0 aliphatic carbocycles. The number of hydrogen-bond acceptors (Lipinski definition) is 3. The summed E-state index contributed by atoms with van der Waals surface area (Å²) in [5, 5.41) is 13.2. The predicted octanol–water partition coefficient (Wildman–Crippen LogP) is 2.73. The molecule has 1 aromatic heterocycles. The van der Waals surface area contributed by atoms with Crippen molar-refractivity contribution in [3.8, 4) is 0 Å². The number of aliphatic hydroxyl groups is 1. The van der Waals surface area contributed by atoms with Crippen LogP contribution < -0.4 is 5.32 Å². The van der Waals surface area contributed by atoms with E-state index < -0.39 is 0 Å². The van der Waals surface area contributed by atoms with Crippen molar-refractivity contribution >= 4 is 15.9 Å². The predicted molar refractivity (Wildman–Crippen MR) is 73.7 cm³/mol. The number of nitrogens with one attached hydrogen (secondary N) is 1. The first-order valence-corrected chi connectivity index (χ1v) is 6.94. The van der Waals surface area contributed by atoms with Crippen LogP contribution in [0.15, 0.2) is 22.9 Å². The number of pyridine rings is 1. The summed E-state index contributed by atoms with van der Waals surface area (Å²) in [6.45, 7) is 5.62. The molecule has 0 bridgehead atoms. The van der Waals surface area contributed by atoms with Crippen molar-refractivity contribution in [2.45, 2.75) is 39.3 Å². The van der Waals surface area contributed by atoms with Gasteiger partial charge < -0.3 is 10.4 Å². The molecule has 1 heterocycles. The van der Waals surface area contributed by atoms with Gasteiger partial charge in [0, 0.05) is 30.0 Å². The fraction of sp³-hybridized carbons (Fsp3) is 0.615. The highest BCUT2D eigenvalue weighted by Gasteiger charge is 2.14. The van der Waals surface area contributed by atoms with Crippen LogP contribution in [0.25, 0.3) is 0 Å². The zero-order chi connectivity index (χ0) is 12.7. The molecule has 1 aromatic rings. The third kappa shape index (κ3) is 5.15. The topological polar surface area (TPSA) is 45.1 Å². The Labute approximate surface area is 112 Å². The number of hydrogen-bond donors (Lipinski definition) is 2. The summed E-state index contributed by atoms with van der Waals surface area (Å²) in [5.74, 6) is 0.392. The van der Waals surface area contributed by atoms with E-state index >= 15 is 0 Å². The summed E-state index contributed by atoms with van der Waals surface area (Å²) in [5.41, 5.74) is 1.12. The quantitative estimate of drug-likeness (QED) is 0.814. The van der Waals surface area contributed by atoms with Gasteiger partial charge in [-0.25, -0.2) is 0 Å². The molecule has 17 heavy (non-hydrogen) atoms. The lowest BCUT2D eigenvalue weighted by Crippen LogP contribution is -2.32. The first kappa shape index (κ1) is 14.6. The summed E-state index contributed by atoms with van der Waals surface area (Å²) in [7, 11) is 0. The van der Waals surface area contributed by atoms with E-state index in [0.717, 1.165) is 29.4 Å². The van der Waals surface area contributed by atoms with Gasteiger partial charge in [-0.1, -0.05) is 26.7 Å². The molecule has 0 saturated heterocycles. The van der Waals surface area contributed by atoms with Gasteiger partial charge in [0.1, 0.15) is 0 Å². The normalized spacial score (nSPS) is 13.0. The lowest BCUT2D eigenvalue weighted by molar-refractivity contribution is 0.101. The fourth-order valence-electron chi connectivity index (χ4n) is 1.92. The SMILES string of the molecule is CCC(CC)C(O)CNCc1cncc(Br)c1. The van der Waals surface area contributed by atoms with Gasteiger partial charge >= 0.3 is 0 Å². The second-order valence-electron chi connectivity index (χ2n) is 4.29. The minimum atomic E-state index is -0.259. The van der Waals surface area contributed by atoms with Gasteiger partial charge in [0.05, 0.1) is 6.10 Å². The van der Waals surface area contributed by atoms with Gasteiger partial charge in [-0.05, 0) is 33.5 Å². The van der Waals surface area contributed by atoms with E-state index in [1.165, 1.54) is 0 Å². The largest absolute Gasteiger partial charge is 0.392 e. The van der Waals surface area contributed by atoms with Crippen LogP contribution in [0.1, 0.15) is 32.3 Å². The number of aliphatic hydroxyl groups excluding tert-OH is 1. The Bertz CT molecular complexity index is 329. The molecule has 0 amide bonds. The summed E-state index contributed by atoms with van der Waals surface area (Å²) < 4.78 is 0.984. The van der Waals surface area contributed by atoms with Crippen LogP contribution in [-0.4, -0.2) is 22.7 Å². The van der Waals surface area contributed by atoms with E-state index in [4.69, 9.17) is 0 Å². The molecule has 3 nitrogen and oxygen atoms in total. The second-order valence-corrected chi connectivity index (χ2v) is 5.20. The highest BCUT2D eigenvalue weighted by atomic mass is 79.9. The Hall–Kier alpha value is -0.450. The van der Waals surface area contributed by atoms with Crippen LogP contribution in [0, 0.1) is 5.92 Å².